The first-order valence-electron chi connectivity index (χ1n) is 5.16. The molecule has 0 aliphatic rings. The molecule has 0 bridgehead atoms. The van der Waals surface area contributed by atoms with Crippen LogP contribution in [0, 0.1) is 0 Å². The molecule has 0 aliphatic carbocycles. The SMILES string of the molecule is COC(=O)C(=O)Nc1coc2ccc(O)cc2c1=O. The number of methoxy groups -OCH3 is 1. The van der Waals surface area contributed by atoms with Crippen LogP contribution >= 0.6 is 0 Å². The molecule has 0 saturated heterocycles. The van der Waals surface area contributed by atoms with Gasteiger partial charge in [0, 0.05) is 0 Å². The van der Waals surface area contributed by atoms with E-state index >= 15 is 0 Å². The predicted octanol–water partition coefficient (Wildman–Crippen LogP) is 0.610. The summed E-state index contributed by atoms with van der Waals surface area (Å²) in [5, 5.41) is 11.5. The van der Waals surface area contributed by atoms with Crippen LogP contribution in [0.25, 0.3) is 11.0 Å². The fourth-order valence-electron chi connectivity index (χ4n) is 1.47. The lowest BCUT2D eigenvalue weighted by molar-refractivity contribution is -0.150. The summed E-state index contributed by atoms with van der Waals surface area (Å²) in [5.41, 5.74) is -0.540. The van der Waals surface area contributed by atoms with Crippen molar-refractivity contribution < 1.29 is 23.8 Å². The first-order valence-corrected chi connectivity index (χ1v) is 5.16. The maximum absolute atomic E-state index is 12.0. The Kier molecular flexibility index (Phi) is 3.19. The van der Waals surface area contributed by atoms with Crippen molar-refractivity contribution in [1.82, 2.24) is 0 Å². The number of carbonyl (C=O) groups excluding carboxylic acids is 2. The third-order valence-electron chi connectivity index (χ3n) is 2.38. The number of phenols is 1. The number of aromatic hydroxyl groups is 1. The second-order valence-electron chi connectivity index (χ2n) is 3.60. The Morgan fingerprint density at radius 2 is 2.11 bits per heavy atom. The van der Waals surface area contributed by atoms with Crippen LogP contribution < -0.4 is 10.7 Å². The van der Waals surface area contributed by atoms with Crippen molar-refractivity contribution in [2.45, 2.75) is 0 Å². The molecule has 7 heteroatoms. The van der Waals surface area contributed by atoms with Gasteiger partial charge in [0.05, 0.1) is 12.5 Å². The van der Waals surface area contributed by atoms with E-state index in [1.54, 1.807) is 0 Å². The van der Waals surface area contributed by atoms with Gasteiger partial charge in [-0.05, 0) is 18.2 Å². The molecule has 0 aliphatic heterocycles. The minimum absolute atomic E-state index is 0.0858. The topological polar surface area (TPSA) is 106 Å². The highest BCUT2D eigenvalue weighted by Crippen LogP contribution is 2.18. The largest absolute Gasteiger partial charge is 0.508 e. The summed E-state index contributed by atoms with van der Waals surface area (Å²) in [6.45, 7) is 0. The van der Waals surface area contributed by atoms with Gasteiger partial charge < -0.3 is 19.6 Å². The van der Waals surface area contributed by atoms with Gasteiger partial charge in [-0.2, -0.15) is 0 Å². The van der Waals surface area contributed by atoms with Gasteiger partial charge in [-0.1, -0.05) is 0 Å². The van der Waals surface area contributed by atoms with E-state index in [0.29, 0.717) is 0 Å². The fraction of sp³-hybridized carbons (Fsp3) is 0.0833. The van der Waals surface area contributed by atoms with E-state index in [0.717, 1.165) is 13.4 Å². The van der Waals surface area contributed by atoms with Crippen LogP contribution in [-0.2, 0) is 14.3 Å². The number of benzene rings is 1. The van der Waals surface area contributed by atoms with Gasteiger partial charge in [0.2, 0.25) is 5.43 Å². The lowest BCUT2D eigenvalue weighted by Gasteiger charge is -2.04. The van der Waals surface area contributed by atoms with Crippen molar-refractivity contribution in [3.63, 3.8) is 0 Å². The number of fused-ring (bicyclic) bond motifs is 1. The molecule has 1 aromatic carbocycles. The number of esters is 1. The molecule has 7 nitrogen and oxygen atoms in total. The van der Waals surface area contributed by atoms with Gasteiger partial charge >= 0.3 is 11.9 Å². The Morgan fingerprint density at radius 1 is 1.37 bits per heavy atom. The second kappa shape index (κ2) is 4.81. The standard InChI is InChI=1S/C12H9NO6/c1-18-12(17)11(16)13-8-5-19-9-3-2-6(14)4-7(9)10(8)15/h2-5,14H,1H3,(H,13,16). The van der Waals surface area contributed by atoms with Crippen molar-refractivity contribution in [1.29, 1.82) is 0 Å². The van der Waals surface area contributed by atoms with Gasteiger partial charge in [0.25, 0.3) is 0 Å². The van der Waals surface area contributed by atoms with E-state index in [4.69, 9.17) is 4.42 Å². The number of hydrogen-bond donors (Lipinski definition) is 2. The smallest absolute Gasteiger partial charge is 0.396 e. The monoisotopic (exact) mass is 263 g/mol. The molecule has 2 N–H and O–H groups in total. The molecular formula is C12H9NO6. The second-order valence-corrected chi connectivity index (χ2v) is 3.60. The van der Waals surface area contributed by atoms with E-state index in [9.17, 15) is 19.5 Å². The van der Waals surface area contributed by atoms with Crippen LogP contribution in [-0.4, -0.2) is 24.1 Å². The minimum Gasteiger partial charge on any atom is -0.508 e. The average molecular weight is 263 g/mol. The first kappa shape index (κ1) is 12.6. The fourth-order valence-corrected chi connectivity index (χ4v) is 1.47. The zero-order chi connectivity index (χ0) is 14.0. The molecule has 1 amide bonds. The predicted molar refractivity (Wildman–Crippen MR) is 64.8 cm³/mol. The molecule has 2 aromatic rings. The molecule has 0 saturated carbocycles. The highest BCUT2D eigenvalue weighted by molar-refractivity contribution is 6.37. The number of anilines is 1. The van der Waals surface area contributed by atoms with Crippen molar-refractivity contribution in [2.24, 2.45) is 0 Å². The number of amides is 1. The van der Waals surface area contributed by atoms with Crippen LogP contribution in [0.4, 0.5) is 5.69 Å². The molecule has 98 valence electrons. The van der Waals surface area contributed by atoms with Crippen LogP contribution in [0.15, 0.2) is 33.7 Å². The van der Waals surface area contributed by atoms with Gasteiger partial charge in [-0.3, -0.25) is 9.59 Å². The van der Waals surface area contributed by atoms with Gasteiger partial charge in [-0.25, -0.2) is 4.79 Å². The van der Waals surface area contributed by atoms with Gasteiger partial charge in [-0.15, -0.1) is 0 Å². The molecule has 0 spiro atoms. The van der Waals surface area contributed by atoms with Crippen molar-refractivity contribution >= 4 is 28.5 Å². The summed E-state index contributed by atoms with van der Waals surface area (Å²) in [6.07, 6.45) is 1.02. The maximum atomic E-state index is 12.0. The Balaban J connectivity index is 2.46. The molecule has 0 radical (unpaired) electrons. The summed E-state index contributed by atoms with van der Waals surface area (Å²) in [6, 6.07) is 3.98. The van der Waals surface area contributed by atoms with E-state index in [1.165, 1.54) is 18.2 Å². The average Bonchev–Trinajstić information content (AvgIpc) is 2.41. The summed E-state index contributed by atoms with van der Waals surface area (Å²) >= 11 is 0. The molecule has 0 fully saturated rings. The van der Waals surface area contributed by atoms with Crippen LogP contribution in [0.2, 0.25) is 0 Å². The molecule has 2 rings (SSSR count). The van der Waals surface area contributed by atoms with Crippen molar-refractivity contribution in [2.75, 3.05) is 12.4 Å². The maximum Gasteiger partial charge on any atom is 0.396 e. The normalized spacial score (nSPS) is 10.2. The third kappa shape index (κ3) is 2.39. The third-order valence-corrected chi connectivity index (χ3v) is 2.38. The molecule has 19 heavy (non-hydrogen) atoms. The van der Waals surface area contributed by atoms with E-state index in [2.05, 4.69) is 10.1 Å². The molecule has 0 atom stereocenters. The van der Waals surface area contributed by atoms with Gasteiger partial charge in [0.15, 0.2) is 0 Å². The Bertz CT molecular complexity index is 718. The van der Waals surface area contributed by atoms with E-state index < -0.39 is 17.3 Å². The lowest BCUT2D eigenvalue weighted by Crippen LogP contribution is -2.26. The number of rotatable bonds is 1. The first-order chi connectivity index (χ1) is 9.02. The summed E-state index contributed by atoms with van der Waals surface area (Å²) in [4.78, 5) is 34.2. The number of ether oxygens (including phenoxy) is 1. The van der Waals surface area contributed by atoms with E-state index in [1.807, 2.05) is 0 Å². The number of hydrogen-bond acceptors (Lipinski definition) is 6. The summed E-state index contributed by atoms with van der Waals surface area (Å²) in [5.74, 6) is -2.33. The Morgan fingerprint density at radius 3 is 2.79 bits per heavy atom. The highest BCUT2D eigenvalue weighted by Gasteiger charge is 2.17. The summed E-state index contributed by atoms with van der Waals surface area (Å²) < 4.78 is 9.32. The molecule has 0 unspecified atom stereocenters. The quantitative estimate of drug-likeness (QED) is 0.576. The molecule has 1 aromatic heterocycles. The Labute approximate surface area is 106 Å². The Hall–Kier alpha value is -2.83. The van der Waals surface area contributed by atoms with Gasteiger partial charge in [0.1, 0.15) is 23.3 Å². The lowest BCUT2D eigenvalue weighted by atomic mass is 10.2. The molecular weight excluding hydrogens is 254 g/mol. The van der Waals surface area contributed by atoms with E-state index in [-0.39, 0.29) is 22.4 Å². The zero-order valence-corrected chi connectivity index (χ0v) is 9.80. The van der Waals surface area contributed by atoms with Crippen molar-refractivity contribution in [3.05, 3.63) is 34.7 Å². The van der Waals surface area contributed by atoms with Crippen LogP contribution in [0.3, 0.4) is 0 Å². The van der Waals surface area contributed by atoms with Crippen LogP contribution in [0.5, 0.6) is 5.75 Å². The number of carbonyl (C=O) groups is 2. The minimum atomic E-state index is -1.13. The molecule has 1 heterocycles. The number of nitrogens with one attached hydrogen (secondary N) is 1. The van der Waals surface area contributed by atoms with Crippen molar-refractivity contribution in [3.8, 4) is 5.75 Å². The highest BCUT2D eigenvalue weighted by atomic mass is 16.5. The summed E-state index contributed by atoms with van der Waals surface area (Å²) in [7, 11) is 1.04. The zero-order valence-electron chi connectivity index (χ0n) is 9.80. The van der Waals surface area contributed by atoms with Crippen LogP contribution in [0.1, 0.15) is 0 Å². The number of phenolic OH excluding ortho intramolecular Hbond substituents is 1.